The van der Waals surface area contributed by atoms with Gasteiger partial charge in [0.05, 0.1) is 6.10 Å². The van der Waals surface area contributed by atoms with E-state index >= 15 is 0 Å². The topological polar surface area (TPSA) is 98.4 Å². The maximum Gasteiger partial charge on any atom is 0.324 e. The first kappa shape index (κ1) is 14.7. The number of rotatable bonds is 7. The Labute approximate surface area is 118 Å². The van der Waals surface area contributed by atoms with E-state index in [-0.39, 0.29) is 24.1 Å². The van der Waals surface area contributed by atoms with Gasteiger partial charge in [-0.2, -0.15) is 9.97 Å². The quantitative estimate of drug-likeness (QED) is 0.548. The van der Waals surface area contributed by atoms with Crippen LogP contribution in [0.4, 0.5) is 5.95 Å². The van der Waals surface area contributed by atoms with Crippen LogP contribution < -0.4 is 20.7 Å². The lowest BCUT2D eigenvalue weighted by Gasteiger charge is -2.14. The van der Waals surface area contributed by atoms with Crippen LogP contribution in [-0.4, -0.2) is 52.2 Å². The smallest absolute Gasteiger partial charge is 0.324 e. The lowest BCUT2D eigenvalue weighted by atomic mass is 10.4. The Hall–Kier alpha value is -1.67. The average Bonchev–Trinajstić information content (AvgIpc) is 2.91. The minimum Gasteiger partial charge on any atom is -0.462 e. The predicted octanol–water partition coefficient (Wildman–Crippen LogP) is 0.419. The molecule has 0 amide bonds. The monoisotopic (exact) mass is 282 g/mol. The molecule has 0 aromatic carbocycles. The van der Waals surface area contributed by atoms with Gasteiger partial charge in [-0.05, 0) is 39.8 Å². The Morgan fingerprint density at radius 1 is 1.20 bits per heavy atom. The van der Waals surface area contributed by atoms with Gasteiger partial charge in [0, 0.05) is 6.54 Å². The number of nitrogen functional groups attached to an aromatic ring is 1. The third kappa shape index (κ3) is 4.46. The number of likely N-dealkylation sites (tertiary alicyclic amines) is 1. The summed E-state index contributed by atoms with van der Waals surface area (Å²) in [5.41, 5.74) is 2.38. The first-order chi connectivity index (χ1) is 9.67. The molecule has 1 aromatic rings. The van der Waals surface area contributed by atoms with Crippen molar-refractivity contribution in [3.05, 3.63) is 0 Å². The number of hydrogen-bond acceptors (Lipinski definition) is 8. The van der Waals surface area contributed by atoms with Crippen molar-refractivity contribution in [3.8, 4) is 12.0 Å². The predicted molar refractivity (Wildman–Crippen MR) is 74.6 cm³/mol. The van der Waals surface area contributed by atoms with Gasteiger partial charge in [-0.15, -0.1) is 4.98 Å². The van der Waals surface area contributed by atoms with Gasteiger partial charge in [0.1, 0.15) is 6.61 Å². The molecule has 0 radical (unpaired) electrons. The number of nitrogens with zero attached hydrogens (tertiary/aromatic N) is 4. The second-order valence-corrected chi connectivity index (χ2v) is 4.93. The molecule has 0 atom stereocenters. The molecule has 2 rings (SSSR count). The molecule has 1 saturated heterocycles. The Balaban J connectivity index is 1.91. The van der Waals surface area contributed by atoms with Crippen LogP contribution in [0.1, 0.15) is 26.7 Å². The molecule has 0 spiro atoms. The summed E-state index contributed by atoms with van der Waals surface area (Å²) >= 11 is 0. The summed E-state index contributed by atoms with van der Waals surface area (Å²) in [5, 5.41) is 0. The number of hydrazine groups is 1. The fraction of sp³-hybridized carbons (Fsp3) is 0.750. The molecule has 112 valence electrons. The van der Waals surface area contributed by atoms with Crippen molar-refractivity contribution in [1.82, 2.24) is 19.9 Å². The van der Waals surface area contributed by atoms with Crippen LogP contribution in [0.15, 0.2) is 0 Å². The van der Waals surface area contributed by atoms with Gasteiger partial charge in [0.15, 0.2) is 0 Å². The van der Waals surface area contributed by atoms with Gasteiger partial charge in [-0.1, -0.05) is 0 Å². The van der Waals surface area contributed by atoms with Crippen LogP contribution in [0.3, 0.4) is 0 Å². The van der Waals surface area contributed by atoms with Crippen molar-refractivity contribution in [1.29, 1.82) is 0 Å². The third-order valence-corrected chi connectivity index (χ3v) is 2.90. The van der Waals surface area contributed by atoms with Gasteiger partial charge >= 0.3 is 12.0 Å². The SMILES string of the molecule is CC(C)Oc1nc(NN)nc(OCCN2CCCC2)n1. The van der Waals surface area contributed by atoms with Crippen LogP contribution >= 0.6 is 0 Å². The van der Waals surface area contributed by atoms with E-state index in [1.54, 1.807) is 0 Å². The van der Waals surface area contributed by atoms with Gasteiger partial charge in [-0.25, -0.2) is 5.84 Å². The van der Waals surface area contributed by atoms with Crippen molar-refractivity contribution < 1.29 is 9.47 Å². The van der Waals surface area contributed by atoms with Crippen LogP contribution in [0.5, 0.6) is 12.0 Å². The van der Waals surface area contributed by atoms with Crippen LogP contribution in [-0.2, 0) is 0 Å². The summed E-state index contributed by atoms with van der Waals surface area (Å²) in [5.74, 6) is 5.55. The second kappa shape index (κ2) is 7.20. The zero-order valence-electron chi connectivity index (χ0n) is 12.0. The normalized spacial score (nSPS) is 15.6. The van der Waals surface area contributed by atoms with E-state index in [1.807, 2.05) is 13.8 Å². The standard InChI is InChI=1S/C12H22N6O2/c1-9(2)20-12-15-10(17-13)14-11(16-12)19-8-7-18-5-3-4-6-18/h9H,3-8,13H2,1-2H3,(H,14,15,16,17). The van der Waals surface area contributed by atoms with Crippen molar-refractivity contribution in [2.75, 3.05) is 31.7 Å². The highest BCUT2D eigenvalue weighted by molar-refractivity contribution is 5.25. The van der Waals surface area contributed by atoms with Crippen molar-refractivity contribution in [2.45, 2.75) is 32.8 Å². The van der Waals surface area contributed by atoms with Crippen molar-refractivity contribution >= 4 is 5.95 Å². The molecule has 1 aromatic heterocycles. The first-order valence-corrected chi connectivity index (χ1v) is 6.92. The first-order valence-electron chi connectivity index (χ1n) is 6.92. The molecule has 0 aliphatic carbocycles. The Bertz CT molecular complexity index is 422. The van der Waals surface area contributed by atoms with Crippen molar-refractivity contribution in [2.24, 2.45) is 5.84 Å². The summed E-state index contributed by atoms with van der Waals surface area (Å²) < 4.78 is 11.0. The maximum atomic E-state index is 5.55. The number of anilines is 1. The second-order valence-electron chi connectivity index (χ2n) is 4.93. The fourth-order valence-electron chi connectivity index (χ4n) is 2.00. The maximum absolute atomic E-state index is 5.55. The lowest BCUT2D eigenvalue weighted by Crippen LogP contribution is -2.25. The van der Waals surface area contributed by atoms with Crippen LogP contribution in [0, 0.1) is 0 Å². The molecule has 8 heteroatoms. The highest BCUT2D eigenvalue weighted by Gasteiger charge is 2.13. The molecular formula is C12H22N6O2. The van der Waals surface area contributed by atoms with E-state index in [4.69, 9.17) is 15.3 Å². The Morgan fingerprint density at radius 3 is 2.55 bits per heavy atom. The zero-order chi connectivity index (χ0) is 14.4. The van der Waals surface area contributed by atoms with E-state index in [0.29, 0.717) is 6.61 Å². The van der Waals surface area contributed by atoms with Gasteiger partial charge in [-0.3, -0.25) is 10.3 Å². The van der Waals surface area contributed by atoms with Gasteiger partial charge in [0.2, 0.25) is 5.95 Å². The molecule has 8 nitrogen and oxygen atoms in total. The molecule has 1 aliphatic heterocycles. The third-order valence-electron chi connectivity index (χ3n) is 2.90. The molecule has 0 saturated carbocycles. The minimum absolute atomic E-state index is 0.0273. The average molecular weight is 282 g/mol. The fourth-order valence-corrected chi connectivity index (χ4v) is 2.00. The van der Waals surface area contributed by atoms with E-state index in [0.717, 1.165) is 19.6 Å². The number of ether oxygens (including phenoxy) is 2. The van der Waals surface area contributed by atoms with Crippen molar-refractivity contribution in [3.63, 3.8) is 0 Å². The van der Waals surface area contributed by atoms with Crippen LogP contribution in [0.25, 0.3) is 0 Å². The van der Waals surface area contributed by atoms with E-state index < -0.39 is 0 Å². The summed E-state index contributed by atoms with van der Waals surface area (Å²) in [7, 11) is 0. The molecule has 20 heavy (non-hydrogen) atoms. The zero-order valence-corrected chi connectivity index (χ0v) is 12.0. The minimum atomic E-state index is -0.0273. The lowest BCUT2D eigenvalue weighted by molar-refractivity contribution is 0.203. The van der Waals surface area contributed by atoms with E-state index in [2.05, 4.69) is 25.3 Å². The molecule has 1 fully saturated rings. The summed E-state index contributed by atoms with van der Waals surface area (Å²) in [6.45, 7) is 7.48. The molecule has 0 bridgehead atoms. The summed E-state index contributed by atoms with van der Waals surface area (Å²) in [6.07, 6.45) is 2.50. The molecule has 2 heterocycles. The highest BCUT2D eigenvalue weighted by Crippen LogP contribution is 2.14. The Kier molecular flexibility index (Phi) is 5.31. The number of nitrogens with one attached hydrogen (secondary N) is 1. The highest BCUT2D eigenvalue weighted by atomic mass is 16.5. The van der Waals surface area contributed by atoms with Gasteiger partial charge < -0.3 is 9.47 Å². The molecular weight excluding hydrogens is 260 g/mol. The molecule has 3 N–H and O–H groups in total. The summed E-state index contributed by atoms with van der Waals surface area (Å²) in [6, 6.07) is 0.432. The molecule has 1 aliphatic rings. The largest absolute Gasteiger partial charge is 0.462 e. The van der Waals surface area contributed by atoms with E-state index in [9.17, 15) is 0 Å². The summed E-state index contributed by atoms with van der Waals surface area (Å²) in [4.78, 5) is 14.5. The Morgan fingerprint density at radius 2 is 1.90 bits per heavy atom. The van der Waals surface area contributed by atoms with E-state index in [1.165, 1.54) is 12.8 Å². The number of hydrogen-bond donors (Lipinski definition) is 2. The van der Waals surface area contributed by atoms with Gasteiger partial charge in [0.25, 0.3) is 0 Å². The number of aromatic nitrogens is 3. The number of nitrogens with two attached hydrogens (primary N) is 1. The molecule has 0 unspecified atom stereocenters. The van der Waals surface area contributed by atoms with Crippen LogP contribution in [0.2, 0.25) is 0 Å².